The Morgan fingerprint density at radius 1 is 1.10 bits per heavy atom. The molecule has 3 N–H and O–H groups in total. The molecule has 0 heterocycles. The summed E-state index contributed by atoms with van der Waals surface area (Å²) < 4.78 is 0. The van der Waals surface area contributed by atoms with Crippen LogP contribution in [0, 0.1) is 0 Å². The van der Waals surface area contributed by atoms with Crippen LogP contribution in [0.1, 0.15) is 59.7 Å². The minimum absolute atomic E-state index is 0.0424. The number of carbonyl (C=O) groups excluding carboxylic acids is 2. The van der Waals surface area contributed by atoms with E-state index < -0.39 is 0 Å². The van der Waals surface area contributed by atoms with Gasteiger partial charge in [0.2, 0.25) is 0 Å². The molecular weight excluding hydrogens is 258 g/mol. The number of ketones is 2. The van der Waals surface area contributed by atoms with Crippen molar-refractivity contribution < 1.29 is 19.8 Å². The van der Waals surface area contributed by atoms with E-state index in [4.69, 9.17) is 0 Å². The summed E-state index contributed by atoms with van der Waals surface area (Å²) in [5, 5.41) is 23.1. The number of benzene rings is 1. The molecule has 0 spiro atoms. The molecule has 108 valence electrons. The second-order valence-corrected chi connectivity index (χ2v) is 5.02. The Bertz CT molecular complexity index is 551. The summed E-state index contributed by atoms with van der Waals surface area (Å²) in [7, 11) is 0. The number of fused-ring (bicyclic) bond motifs is 1. The second kappa shape index (κ2) is 5.94. The summed E-state index contributed by atoms with van der Waals surface area (Å²) >= 11 is 0. The lowest BCUT2D eigenvalue weighted by Gasteiger charge is -2.19. The average Bonchev–Trinajstić information content (AvgIpc) is 2.42. The lowest BCUT2D eigenvalue weighted by Crippen LogP contribution is -2.18. The standard InChI is InChI=1S/C15H19NO4/c1-2-3-4-7-16-9-8-12(19)13-10(17)5-6-11(18)14(13)15(9)20/h8,16,19-20H,2-7H2,1H3. The number of hydrogen-bond donors (Lipinski definition) is 3. The highest BCUT2D eigenvalue weighted by molar-refractivity contribution is 6.17. The fraction of sp³-hybridized carbons (Fsp3) is 0.467. The summed E-state index contributed by atoms with van der Waals surface area (Å²) in [4.78, 5) is 23.7. The zero-order valence-electron chi connectivity index (χ0n) is 11.5. The van der Waals surface area contributed by atoms with Crippen molar-refractivity contribution in [2.45, 2.75) is 39.0 Å². The minimum atomic E-state index is -0.301. The van der Waals surface area contributed by atoms with E-state index in [0.29, 0.717) is 12.2 Å². The molecule has 0 atom stereocenters. The smallest absolute Gasteiger partial charge is 0.168 e. The van der Waals surface area contributed by atoms with E-state index in [1.807, 2.05) is 0 Å². The fourth-order valence-corrected chi connectivity index (χ4v) is 2.42. The van der Waals surface area contributed by atoms with Crippen LogP contribution in [0.4, 0.5) is 5.69 Å². The van der Waals surface area contributed by atoms with Gasteiger partial charge in [0, 0.05) is 25.5 Å². The number of nitrogens with one attached hydrogen (secondary N) is 1. The van der Waals surface area contributed by atoms with Crippen LogP contribution < -0.4 is 5.32 Å². The number of aromatic hydroxyl groups is 2. The summed E-state index contributed by atoms with van der Waals surface area (Å²) in [6, 6.07) is 1.32. The molecule has 0 radical (unpaired) electrons. The Morgan fingerprint density at radius 2 is 1.75 bits per heavy atom. The zero-order valence-corrected chi connectivity index (χ0v) is 11.5. The summed E-state index contributed by atoms with van der Waals surface area (Å²) in [5.74, 6) is -1.07. The molecule has 0 saturated heterocycles. The number of anilines is 1. The van der Waals surface area contributed by atoms with Crippen molar-refractivity contribution in [2.24, 2.45) is 0 Å². The Balaban J connectivity index is 2.32. The topological polar surface area (TPSA) is 86.6 Å². The van der Waals surface area contributed by atoms with Gasteiger partial charge >= 0.3 is 0 Å². The maximum atomic E-state index is 11.9. The third kappa shape index (κ3) is 2.61. The van der Waals surface area contributed by atoms with Crippen LogP contribution in [0.15, 0.2) is 6.07 Å². The van der Waals surface area contributed by atoms with Gasteiger partial charge in [-0.3, -0.25) is 9.59 Å². The number of phenolic OH excluding ortho intramolecular Hbond substituents is 2. The minimum Gasteiger partial charge on any atom is -0.507 e. The first-order valence-corrected chi connectivity index (χ1v) is 6.95. The lowest BCUT2D eigenvalue weighted by atomic mass is 9.87. The summed E-state index contributed by atoms with van der Waals surface area (Å²) in [6.07, 6.45) is 3.24. The van der Waals surface area contributed by atoms with Crippen LogP contribution in [-0.4, -0.2) is 28.3 Å². The van der Waals surface area contributed by atoms with E-state index in [2.05, 4.69) is 12.2 Å². The second-order valence-electron chi connectivity index (χ2n) is 5.02. The number of Topliss-reactive ketones (excluding diaryl/α,β-unsaturated/α-hetero) is 2. The molecule has 1 aromatic carbocycles. The molecule has 20 heavy (non-hydrogen) atoms. The molecule has 2 rings (SSSR count). The monoisotopic (exact) mass is 277 g/mol. The molecule has 0 bridgehead atoms. The Hall–Kier alpha value is -2.04. The van der Waals surface area contributed by atoms with E-state index in [1.165, 1.54) is 6.07 Å². The number of rotatable bonds is 5. The number of carbonyl (C=O) groups is 2. The van der Waals surface area contributed by atoms with Crippen molar-refractivity contribution in [3.8, 4) is 11.5 Å². The molecule has 1 aliphatic rings. The first-order valence-electron chi connectivity index (χ1n) is 6.95. The van der Waals surface area contributed by atoms with E-state index in [-0.39, 0.29) is 47.0 Å². The van der Waals surface area contributed by atoms with Crippen molar-refractivity contribution >= 4 is 17.3 Å². The molecule has 5 nitrogen and oxygen atoms in total. The van der Waals surface area contributed by atoms with Crippen LogP contribution in [0.25, 0.3) is 0 Å². The van der Waals surface area contributed by atoms with Crippen LogP contribution in [-0.2, 0) is 0 Å². The molecule has 5 heteroatoms. The maximum absolute atomic E-state index is 11.9. The van der Waals surface area contributed by atoms with Crippen molar-refractivity contribution in [1.82, 2.24) is 0 Å². The van der Waals surface area contributed by atoms with E-state index in [9.17, 15) is 19.8 Å². The van der Waals surface area contributed by atoms with Gasteiger partial charge in [0.05, 0.1) is 16.8 Å². The molecule has 0 unspecified atom stereocenters. The van der Waals surface area contributed by atoms with E-state index in [1.54, 1.807) is 0 Å². The Labute approximate surface area is 117 Å². The van der Waals surface area contributed by atoms with Crippen molar-refractivity contribution in [2.75, 3.05) is 11.9 Å². The van der Waals surface area contributed by atoms with Crippen LogP contribution in [0.2, 0.25) is 0 Å². The lowest BCUT2D eigenvalue weighted by molar-refractivity contribution is 0.0885. The molecule has 0 saturated carbocycles. The number of hydrogen-bond acceptors (Lipinski definition) is 5. The van der Waals surface area contributed by atoms with E-state index in [0.717, 1.165) is 19.3 Å². The average molecular weight is 277 g/mol. The van der Waals surface area contributed by atoms with Crippen LogP contribution >= 0.6 is 0 Å². The quantitative estimate of drug-likeness (QED) is 0.437. The predicted octanol–water partition coefficient (Wildman–Crippen LogP) is 2.86. The Kier molecular flexibility index (Phi) is 4.27. The van der Waals surface area contributed by atoms with Gasteiger partial charge in [-0.2, -0.15) is 0 Å². The normalized spacial score (nSPS) is 14.2. The van der Waals surface area contributed by atoms with Crippen molar-refractivity contribution in [1.29, 1.82) is 0 Å². The highest BCUT2D eigenvalue weighted by atomic mass is 16.3. The maximum Gasteiger partial charge on any atom is 0.168 e. The van der Waals surface area contributed by atoms with Gasteiger partial charge in [-0.15, -0.1) is 0 Å². The molecule has 0 aromatic heterocycles. The molecule has 0 fully saturated rings. The van der Waals surface area contributed by atoms with Gasteiger partial charge in [0.1, 0.15) is 11.5 Å². The third-order valence-electron chi connectivity index (χ3n) is 3.51. The SMILES string of the molecule is CCCCCNc1cc(O)c2c(c1O)C(=O)CCC2=O. The summed E-state index contributed by atoms with van der Waals surface area (Å²) in [5.41, 5.74) is 0.220. The van der Waals surface area contributed by atoms with Crippen LogP contribution in [0.3, 0.4) is 0 Å². The predicted molar refractivity (Wildman–Crippen MR) is 75.7 cm³/mol. The number of unbranched alkanes of at least 4 members (excludes halogenated alkanes) is 2. The largest absolute Gasteiger partial charge is 0.507 e. The van der Waals surface area contributed by atoms with Gasteiger partial charge < -0.3 is 15.5 Å². The van der Waals surface area contributed by atoms with Gasteiger partial charge in [0.25, 0.3) is 0 Å². The Morgan fingerprint density at radius 3 is 2.40 bits per heavy atom. The molecular formula is C15H19NO4. The number of phenols is 2. The fourth-order valence-electron chi connectivity index (χ4n) is 2.42. The highest BCUT2D eigenvalue weighted by Gasteiger charge is 2.31. The zero-order chi connectivity index (χ0) is 14.7. The van der Waals surface area contributed by atoms with Crippen molar-refractivity contribution in [3.05, 3.63) is 17.2 Å². The molecule has 0 amide bonds. The highest BCUT2D eigenvalue weighted by Crippen LogP contribution is 2.40. The first kappa shape index (κ1) is 14.4. The first-order chi connectivity index (χ1) is 9.56. The molecule has 1 aliphatic carbocycles. The molecule has 1 aromatic rings. The van der Waals surface area contributed by atoms with E-state index >= 15 is 0 Å². The van der Waals surface area contributed by atoms with Gasteiger partial charge in [-0.25, -0.2) is 0 Å². The van der Waals surface area contributed by atoms with Gasteiger partial charge in [-0.1, -0.05) is 19.8 Å². The van der Waals surface area contributed by atoms with Crippen LogP contribution in [0.5, 0.6) is 11.5 Å². The summed E-state index contributed by atoms with van der Waals surface area (Å²) in [6.45, 7) is 2.73. The van der Waals surface area contributed by atoms with Gasteiger partial charge in [0.15, 0.2) is 11.6 Å². The van der Waals surface area contributed by atoms with Crippen molar-refractivity contribution in [3.63, 3.8) is 0 Å². The van der Waals surface area contributed by atoms with Gasteiger partial charge in [-0.05, 0) is 6.42 Å². The molecule has 0 aliphatic heterocycles. The third-order valence-corrected chi connectivity index (χ3v) is 3.51.